The van der Waals surface area contributed by atoms with Gasteiger partial charge < -0.3 is 14.9 Å². The maximum Gasteiger partial charge on any atom is 0.134 e. The Morgan fingerprint density at radius 1 is 1.12 bits per heavy atom. The Kier molecular flexibility index (Phi) is 6.54. The molecule has 2 N–H and O–H groups in total. The fourth-order valence-corrected chi connectivity index (χ4v) is 6.56. The molecule has 1 saturated heterocycles. The maximum atomic E-state index is 12.7. The van der Waals surface area contributed by atoms with E-state index in [-0.39, 0.29) is 12.6 Å². The lowest BCUT2D eigenvalue weighted by atomic mass is 9.49. The Labute approximate surface area is 202 Å². The Hall–Kier alpha value is -2.21. The smallest absolute Gasteiger partial charge is 0.134 e. The first-order valence-electron chi connectivity index (χ1n) is 12.9. The first-order chi connectivity index (χ1) is 16.5. The summed E-state index contributed by atoms with van der Waals surface area (Å²) in [6, 6.07) is 16.7. The third-order valence-corrected chi connectivity index (χ3v) is 8.38. The van der Waals surface area contributed by atoms with E-state index in [0.29, 0.717) is 31.7 Å². The van der Waals surface area contributed by atoms with Gasteiger partial charge in [-0.3, -0.25) is 9.69 Å². The predicted octanol–water partition coefficient (Wildman–Crippen LogP) is 4.03. The van der Waals surface area contributed by atoms with Crippen molar-refractivity contribution in [3.05, 3.63) is 65.2 Å². The van der Waals surface area contributed by atoms with Gasteiger partial charge in [0.05, 0.1) is 5.60 Å². The number of hydrogen-bond acceptors (Lipinski definition) is 5. The lowest BCUT2D eigenvalue weighted by Crippen LogP contribution is -2.73. The number of fused-ring (bicyclic) bond motifs is 1. The summed E-state index contributed by atoms with van der Waals surface area (Å²) in [5, 5.41) is 19.8. The lowest BCUT2D eigenvalue weighted by Gasteiger charge is -2.63. The Morgan fingerprint density at radius 2 is 1.88 bits per heavy atom. The summed E-state index contributed by atoms with van der Waals surface area (Å²) >= 11 is 0. The molecular weight excluding hydrogens is 426 g/mol. The molecule has 3 atom stereocenters. The number of ketones is 1. The van der Waals surface area contributed by atoms with Gasteiger partial charge in [-0.05, 0) is 80.3 Å². The van der Waals surface area contributed by atoms with Crippen LogP contribution >= 0.6 is 0 Å². The molecule has 3 fully saturated rings. The van der Waals surface area contributed by atoms with E-state index in [0.717, 1.165) is 48.7 Å². The summed E-state index contributed by atoms with van der Waals surface area (Å²) in [6.45, 7) is 4.53. The molecule has 0 aromatic heterocycles. The Balaban J connectivity index is 0.000000764. The number of aliphatic hydroxyl groups is 2. The van der Waals surface area contributed by atoms with Crippen molar-refractivity contribution in [2.45, 2.75) is 75.5 Å². The highest BCUT2D eigenvalue weighted by Crippen LogP contribution is 2.58. The molecule has 182 valence electrons. The van der Waals surface area contributed by atoms with Crippen LogP contribution in [0.25, 0.3) is 0 Å². The van der Waals surface area contributed by atoms with E-state index in [1.54, 1.807) is 6.92 Å². The monoisotopic (exact) mass is 463 g/mol. The van der Waals surface area contributed by atoms with E-state index in [4.69, 9.17) is 9.84 Å². The average molecular weight is 464 g/mol. The molecule has 0 spiro atoms. The molecule has 2 aromatic rings. The average Bonchev–Trinajstić information content (AvgIpc) is 3.65. The molecular formula is C29H37NO4. The van der Waals surface area contributed by atoms with Crippen LogP contribution in [0.15, 0.2) is 48.5 Å². The largest absolute Gasteiger partial charge is 0.489 e. The highest BCUT2D eigenvalue weighted by Gasteiger charge is 2.64. The topological polar surface area (TPSA) is 70.0 Å². The van der Waals surface area contributed by atoms with Crippen molar-refractivity contribution in [1.82, 2.24) is 4.90 Å². The van der Waals surface area contributed by atoms with Gasteiger partial charge in [0.2, 0.25) is 0 Å². The quantitative estimate of drug-likeness (QED) is 0.701. The third-order valence-electron chi connectivity index (χ3n) is 8.38. The molecule has 2 aromatic carbocycles. The fraction of sp³-hybridized carbons (Fsp3) is 0.552. The highest BCUT2D eigenvalue weighted by molar-refractivity contribution is 5.82. The van der Waals surface area contributed by atoms with Crippen LogP contribution in [-0.4, -0.2) is 52.2 Å². The number of aliphatic hydroxyl groups excluding tert-OH is 1. The molecule has 2 bridgehead atoms. The maximum absolute atomic E-state index is 12.7. The predicted molar refractivity (Wildman–Crippen MR) is 132 cm³/mol. The summed E-state index contributed by atoms with van der Waals surface area (Å²) in [5.74, 6) is 1.93. The van der Waals surface area contributed by atoms with E-state index in [9.17, 15) is 9.90 Å². The molecule has 2 unspecified atom stereocenters. The molecule has 0 radical (unpaired) electrons. The van der Waals surface area contributed by atoms with Gasteiger partial charge in [0.1, 0.15) is 18.1 Å². The number of Topliss-reactive ketones (excluding diaryl/α,β-unsaturated/α-hetero) is 1. The summed E-state index contributed by atoms with van der Waals surface area (Å²) in [7, 11) is 0. The first-order valence-corrected chi connectivity index (χ1v) is 12.9. The number of hydrogen-bond donors (Lipinski definition) is 2. The highest BCUT2D eigenvalue weighted by atomic mass is 16.5. The number of carbonyl (C=O) groups is 1. The standard InChI is InChI=1S/C27H31NO3.C2H6O/c29-22-10-11-27(30)25-14-21-8-9-23(31-18-20-4-2-1-3-5-20)15-24(21)26(27,16-22)12-13-28(25)17-19-6-7-19;1-2-3/h1-5,8-9,15,19,25,30H,6-7,10-14,16-18H2;3H,2H2,1H3/t25?,26-,27?;/m1./s1. The first kappa shape index (κ1) is 23.5. The van der Waals surface area contributed by atoms with Gasteiger partial charge in [-0.2, -0.15) is 0 Å². The van der Waals surface area contributed by atoms with Crippen LogP contribution in [0, 0.1) is 5.92 Å². The van der Waals surface area contributed by atoms with Crippen LogP contribution in [0.1, 0.15) is 62.1 Å². The molecule has 0 amide bonds. The zero-order valence-electron chi connectivity index (χ0n) is 20.2. The van der Waals surface area contributed by atoms with E-state index < -0.39 is 11.0 Å². The van der Waals surface area contributed by atoms with Crippen molar-refractivity contribution >= 4 is 5.78 Å². The van der Waals surface area contributed by atoms with Gasteiger partial charge >= 0.3 is 0 Å². The molecule has 1 heterocycles. The van der Waals surface area contributed by atoms with Crippen molar-refractivity contribution in [3.63, 3.8) is 0 Å². The van der Waals surface area contributed by atoms with Gasteiger partial charge in [0.25, 0.3) is 0 Å². The van der Waals surface area contributed by atoms with Crippen LogP contribution in [0.4, 0.5) is 0 Å². The fourth-order valence-electron chi connectivity index (χ4n) is 6.56. The van der Waals surface area contributed by atoms with Gasteiger partial charge in [-0.15, -0.1) is 0 Å². The number of piperidine rings is 1. The van der Waals surface area contributed by atoms with E-state index in [1.165, 1.54) is 18.4 Å². The van der Waals surface area contributed by atoms with Crippen molar-refractivity contribution < 1.29 is 19.7 Å². The van der Waals surface area contributed by atoms with Crippen LogP contribution < -0.4 is 4.74 Å². The minimum absolute atomic E-state index is 0.124. The van der Waals surface area contributed by atoms with Crippen LogP contribution in [-0.2, 0) is 23.2 Å². The SMILES string of the molecule is CCO.O=C1CCC2(O)C3Cc4ccc(OCc5ccccc5)cc4[C@@]2(CCN3CC2CC2)C1. The summed E-state index contributed by atoms with van der Waals surface area (Å²) in [6.07, 6.45) is 5.93. The second-order valence-electron chi connectivity index (χ2n) is 10.5. The van der Waals surface area contributed by atoms with E-state index in [2.05, 4.69) is 35.2 Å². The Bertz CT molecular complexity index is 1020. The van der Waals surface area contributed by atoms with Gasteiger partial charge in [-0.1, -0.05) is 36.4 Å². The third kappa shape index (κ3) is 4.19. The lowest BCUT2D eigenvalue weighted by molar-refractivity contribution is -0.173. The zero-order chi connectivity index (χ0) is 23.8. The minimum atomic E-state index is -0.820. The van der Waals surface area contributed by atoms with E-state index >= 15 is 0 Å². The number of carbonyl (C=O) groups excluding carboxylic acids is 1. The summed E-state index contributed by atoms with van der Waals surface area (Å²) in [4.78, 5) is 15.2. The Morgan fingerprint density at radius 3 is 2.62 bits per heavy atom. The molecule has 5 heteroatoms. The molecule has 1 aliphatic heterocycles. The van der Waals surface area contributed by atoms with Crippen molar-refractivity contribution in [1.29, 1.82) is 0 Å². The number of benzene rings is 2. The molecule has 5 nitrogen and oxygen atoms in total. The van der Waals surface area contributed by atoms with Gasteiger partial charge in [0.15, 0.2) is 0 Å². The number of rotatable bonds is 5. The van der Waals surface area contributed by atoms with Crippen LogP contribution in [0.3, 0.4) is 0 Å². The number of likely N-dealkylation sites (tertiary alicyclic amines) is 1. The second-order valence-corrected chi connectivity index (χ2v) is 10.5. The summed E-state index contributed by atoms with van der Waals surface area (Å²) < 4.78 is 6.14. The van der Waals surface area contributed by atoms with Crippen molar-refractivity contribution in [3.8, 4) is 5.75 Å². The molecule has 34 heavy (non-hydrogen) atoms. The van der Waals surface area contributed by atoms with Crippen LogP contribution in [0.2, 0.25) is 0 Å². The van der Waals surface area contributed by atoms with Crippen LogP contribution in [0.5, 0.6) is 5.75 Å². The van der Waals surface area contributed by atoms with Crippen molar-refractivity contribution in [2.24, 2.45) is 5.92 Å². The van der Waals surface area contributed by atoms with Gasteiger partial charge in [0, 0.05) is 37.5 Å². The second kappa shape index (κ2) is 9.44. The van der Waals surface area contributed by atoms with E-state index in [1.807, 2.05) is 18.2 Å². The molecule has 3 aliphatic carbocycles. The molecule has 6 rings (SSSR count). The van der Waals surface area contributed by atoms with Gasteiger partial charge in [-0.25, -0.2) is 0 Å². The van der Waals surface area contributed by atoms with Crippen molar-refractivity contribution in [2.75, 3.05) is 19.7 Å². The molecule has 4 aliphatic rings. The molecule has 2 saturated carbocycles. The number of nitrogens with zero attached hydrogens (tertiary/aromatic N) is 1. The minimum Gasteiger partial charge on any atom is -0.489 e. The summed E-state index contributed by atoms with van der Waals surface area (Å²) in [5.41, 5.74) is 2.30. The zero-order valence-corrected chi connectivity index (χ0v) is 20.2. The normalized spacial score (nSPS) is 30.0. The number of ether oxygens (including phenoxy) is 1.